The van der Waals surface area contributed by atoms with E-state index < -0.39 is 51.8 Å². The molecule has 26 heteroatoms. The number of hydrogen-bond acceptors (Lipinski definition) is 19. The van der Waals surface area contributed by atoms with Crippen LogP contribution in [-0.2, 0) is 43.2 Å². The number of carbonyl (C=O) groups excluding carboxylic acids is 1. The molecule has 2 aliphatic rings. The molecule has 480 valence electrons. The summed E-state index contributed by atoms with van der Waals surface area (Å²) < 4.78 is 29.5. The fourth-order valence-corrected chi connectivity index (χ4v) is 13.7. The normalized spacial score (nSPS) is 17.9. The van der Waals surface area contributed by atoms with E-state index in [0.29, 0.717) is 111 Å². The van der Waals surface area contributed by atoms with E-state index in [-0.39, 0.29) is 61.0 Å². The van der Waals surface area contributed by atoms with Gasteiger partial charge in [0.05, 0.1) is 87.3 Å². The number of aliphatic carboxylic acids is 1. The molecular weight excluding hydrogens is 1180 g/mol. The Labute approximate surface area is 523 Å². The maximum absolute atomic E-state index is 14.5. The molecule has 2 aromatic carbocycles. The summed E-state index contributed by atoms with van der Waals surface area (Å²) in [6.07, 6.45) is 9.16. The van der Waals surface area contributed by atoms with Gasteiger partial charge in [-0.3, -0.25) is 23.5 Å². The van der Waals surface area contributed by atoms with Crippen LogP contribution in [0.4, 0.5) is 0 Å². The molecular formula is C63H83N11O13S2. The fraction of sp³-hybridized carbons (Fsp3) is 0.524. The van der Waals surface area contributed by atoms with Gasteiger partial charge < -0.3 is 40.0 Å². The van der Waals surface area contributed by atoms with E-state index in [0.717, 1.165) is 14.7 Å². The quantitative estimate of drug-likeness (QED) is 0.0563. The van der Waals surface area contributed by atoms with Gasteiger partial charge in [0.1, 0.15) is 54.4 Å². The number of ketones is 1. The van der Waals surface area contributed by atoms with Crippen molar-refractivity contribution in [2.24, 2.45) is 11.7 Å². The molecule has 0 spiro atoms. The average molecular weight is 1270 g/mol. The molecule has 10 rings (SSSR count). The molecule has 2 atom stereocenters. The average Bonchev–Trinajstić information content (AvgIpc) is 1.65. The number of Topliss-reactive ketones (excluding diaryl/α,β-unsaturated/α-hetero) is 1. The van der Waals surface area contributed by atoms with Crippen molar-refractivity contribution in [3.8, 4) is 21.5 Å². The van der Waals surface area contributed by atoms with Crippen molar-refractivity contribution in [2.75, 3.05) is 14.2 Å². The van der Waals surface area contributed by atoms with Gasteiger partial charge in [-0.15, -0.1) is 9.59 Å². The van der Waals surface area contributed by atoms with Crippen LogP contribution in [0.15, 0.2) is 92.5 Å². The molecule has 8 aromatic rings. The van der Waals surface area contributed by atoms with Crippen molar-refractivity contribution in [3.05, 3.63) is 137 Å². The van der Waals surface area contributed by atoms with Gasteiger partial charge in [-0.1, -0.05) is 86.8 Å². The molecule has 0 bridgehead atoms. The van der Waals surface area contributed by atoms with Gasteiger partial charge in [0.25, 0.3) is 11.1 Å². The van der Waals surface area contributed by atoms with Gasteiger partial charge in [0.15, 0.2) is 5.78 Å². The number of ether oxygens (including phenoxy) is 4. The second-order valence-electron chi connectivity index (χ2n) is 24.4. The third kappa shape index (κ3) is 14.6. The van der Waals surface area contributed by atoms with E-state index in [1.54, 1.807) is 58.0 Å². The minimum absolute atomic E-state index is 0.0172. The van der Waals surface area contributed by atoms with E-state index in [2.05, 4.69) is 20.4 Å². The number of para-hydroxylation sites is 2. The number of nitrogens with two attached hydrogens (primary N) is 1. The Morgan fingerprint density at radius 3 is 1.29 bits per heavy atom. The number of fused-ring (bicyclic) bond motifs is 2. The van der Waals surface area contributed by atoms with E-state index in [1.165, 1.54) is 63.1 Å². The number of aliphatic hydroxyl groups excluding tert-OH is 2. The molecule has 6 aromatic heterocycles. The van der Waals surface area contributed by atoms with Gasteiger partial charge in [-0.2, -0.15) is 20.4 Å². The van der Waals surface area contributed by atoms with Crippen molar-refractivity contribution in [3.63, 3.8) is 0 Å². The number of rotatable bonds is 20. The molecule has 0 amide bonds. The number of benzene rings is 2. The van der Waals surface area contributed by atoms with Gasteiger partial charge in [0, 0.05) is 28.7 Å². The van der Waals surface area contributed by atoms with E-state index in [4.69, 9.17) is 24.7 Å². The summed E-state index contributed by atoms with van der Waals surface area (Å²) in [5.74, 6) is -0.274. The Morgan fingerprint density at radius 1 is 0.607 bits per heavy atom. The maximum atomic E-state index is 14.5. The number of aliphatic hydroxyl groups is 2. The van der Waals surface area contributed by atoms with Crippen LogP contribution in [-0.4, -0.2) is 120 Å². The largest absolute Gasteiger partial charge is 0.496 e. The van der Waals surface area contributed by atoms with Crippen molar-refractivity contribution in [1.29, 1.82) is 0 Å². The van der Waals surface area contributed by atoms with Crippen LogP contribution in [0.3, 0.4) is 0 Å². The molecule has 0 unspecified atom stereocenters. The maximum Gasteiger partial charge on any atom is 0.333 e. The molecule has 0 saturated heterocycles. The lowest BCUT2D eigenvalue weighted by atomic mass is 9.91. The third-order valence-electron chi connectivity index (χ3n) is 16.2. The minimum Gasteiger partial charge on any atom is -0.496 e. The third-order valence-corrected chi connectivity index (χ3v) is 18.7. The number of hydrogen-bond donors (Lipinski definition) is 4. The summed E-state index contributed by atoms with van der Waals surface area (Å²) in [6.45, 7) is 17.3. The number of aromatic nitrogens is 10. The summed E-state index contributed by atoms with van der Waals surface area (Å²) >= 11 is 2.43. The van der Waals surface area contributed by atoms with Crippen molar-refractivity contribution in [1.82, 2.24) is 48.3 Å². The highest BCUT2D eigenvalue weighted by atomic mass is 32.1. The summed E-state index contributed by atoms with van der Waals surface area (Å²) in [6, 6.07) is 15.2. The van der Waals surface area contributed by atoms with Crippen LogP contribution in [0.2, 0.25) is 0 Å². The molecule has 2 saturated carbocycles. The molecule has 0 aliphatic heterocycles. The number of nitrogens with zero attached hydrogens (tertiary/aromatic N) is 10. The minimum atomic E-state index is -1.83. The predicted octanol–water partition coefficient (Wildman–Crippen LogP) is 7.89. The lowest BCUT2D eigenvalue weighted by molar-refractivity contribution is -0.146. The van der Waals surface area contributed by atoms with Crippen LogP contribution < -0.4 is 37.7 Å². The van der Waals surface area contributed by atoms with Gasteiger partial charge in [0.2, 0.25) is 0 Å². The lowest BCUT2D eigenvalue weighted by Gasteiger charge is -2.31. The number of methoxy groups -OCH3 is 2. The SMILES string of the molecule is CC(C)N.COc1ccccc1[C@H](Cn1c(=O)n(C(C)(C)C(=O)CC(C)C)c(=O)c2c(C)c(-n3nccn3)sc21)OC1CCC(O)CC1.COc1ccccc1[C@H](Cn1c(=O)n(C(C)(C)C(=O)O)c(=O)c2c(C)c(-n3nccn3)sc21)OC1CCC(O)CC1. The second kappa shape index (κ2) is 28.6. The van der Waals surface area contributed by atoms with Crippen molar-refractivity contribution < 1.29 is 43.9 Å². The number of carbonyl (C=O) groups is 2. The first-order chi connectivity index (χ1) is 42.2. The van der Waals surface area contributed by atoms with Crippen LogP contribution in [0.5, 0.6) is 11.5 Å². The smallest absolute Gasteiger partial charge is 0.333 e. The molecule has 24 nitrogen and oxygen atoms in total. The van der Waals surface area contributed by atoms with Crippen LogP contribution in [0.25, 0.3) is 30.4 Å². The monoisotopic (exact) mass is 1270 g/mol. The van der Waals surface area contributed by atoms with Crippen molar-refractivity contribution >= 4 is 54.9 Å². The molecule has 2 aliphatic carbocycles. The zero-order valence-electron chi connectivity index (χ0n) is 52.6. The van der Waals surface area contributed by atoms with Crippen LogP contribution in [0.1, 0.15) is 148 Å². The molecule has 0 radical (unpaired) electrons. The summed E-state index contributed by atoms with van der Waals surface area (Å²) in [5, 5.41) is 48.8. The van der Waals surface area contributed by atoms with Crippen molar-refractivity contribution in [2.45, 2.75) is 194 Å². The molecule has 2 fully saturated rings. The number of carboxylic acids is 1. The first-order valence-corrected chi connectivity index (χ1v) is 31.6. The highest BCUT2D eigenvalue weighted by Crippen LogP contribution is 2.39. The number of carboxylic acid groups (broad SMARTS) is 1. The van der Waals surface area contributed by atoms with Gasteiger partial charge in [-0.05, 0) is 117 Å². The lowest BCUT2D eigenvalue weighted by Crippen LogP contribution is -2.53. The molecule has 5 N–H and O–H groups in total. The van der Waals surface area contributed by atoms with Crippen LogP contribution >= 0.6 is 22.7 Å². The Kier molecular flexibility index (Phi) is 21.7. The van der Waals surface area contributed by atoms with Gasteiger partial charge in [-0.25, -0.2) is 23.5 Å². The highest BCUT2D eigenvalue weighted by molar-refractivity contribution is 7.21. The fourth-order valence-electron chi connectivity index (χ4n) is 11.3. The van der Waals surface area contributed by atoms with Gasteiger partial charge >= 0.3 is 17.3 Å². The Morgan fingerprint density at radius 2 is 0.955 bits per heavy atom. The predicted molar refractivity (Wildman–Crippen MR) is 340 cm³/mol. The first kappa shape index (κ1) is 67.5. The van der Waals surface area contributed by atoms with Crippen LogP contribution in [0, 0.1) is 19.8 Å². The summed E-state index contributed by atoms with van der Waals surface area (Å²) in [4.78, 5) is 86.2. The first-order valence-electron chi connectivity index (χ1n) is 30.0. The Hall–Kier alpha value is -7.46. The van der Waals surface area contributed by atoms with E-state index in [9.17, 15) is 44.1 Å². The number of thiophene rings is 2. The Bertz CT molecular complexity index is 3990. The Balaban J connectivity index is 0.000000218. The zero-order chi connectivity index (χ0) is 64.8. The second-order valence-corrected chi connectivity index (χ2v) is 26.4. The topological polar surface area (TPSA) is 307 Å². The summed E-state index contributed by atoms with van der Waals surface area (Å²) in [5.41, 5.74) is 1.93. The molecule has 89 heavy (non-hydrogen) atoms. The zero-order valence-corrected chi connectivity index (χ0v) is 54.2. The van der Waals surface area contributed by atoms with E-state index >= 15 is 0 Å². The van der Waals surface area contributed by atoms with E-state index in [1.807, 2.05) is 77.1 Å². The number of aryl methyl sites for hydroxylation is 2. The summed E-state index contributed by atoms with van der Waals surface area (Å²) in [7, 11) is 3.14. The standard InChI is InChI=1S/C32H41N5O6S.C28H33N5O7S.C3H9N/c1-19(2)17-26(39)32(4,5)36-28(40)27-20(3)29(37-33-15-16-34-37)44-30(27)35(31(36)41)18-25(23-9-7-8-10-24(23)42-6)43-22-13-11-21(38)12-14-22;1-16-22-23(35)32(28(2,3)26(36)37)27(38)31(25(22)41-24(16)33-29-13-14-30-33)15-21(19-7-5-6-8-20(19)39-4)40-18-11-9-17(34)10-12-18;1-3(2)4/h7-10,15-16,19,21-22,25,38H,11-14,17-18H2,1-6H3;5-8,13-14,17-18,21,34H,9-12,15H2,1-4H3,(H,36,37);3H,4H2,1-2H3/t21?,22?,25-;17?,18?,21-;/m00./s1. The molecule has 6 heterocycles. The highest BCUT2D eigenvalue weighted by Gasteiger charge is 2.39.